The molecular weight excluding hydrogens is 420 g/mol. The van der Waals surface area contributed by atoms with Gasteiger partial charge in [0.2, 0.25) is 17.8 Å². The van der Waals surface area contributed by atoms with Gasteiger partial charge in [-0.1, -0.05) is 12.1 Å². The minimum Gasteiger partial charge on any atom is -0.369 e. The van der Waals surface area contributed by atoms with Crippen LogP contribution >= 0.6 is 0 Å². The summed E-state index contributed by atoms with van der Waals surface area (Å²) >= 11 is 0. The second-order valence-corrected chi connectivity index (χ2v) is 9.11. The Kier molecular flexibility index (Phi) is 9.44. The van der Waals surface area contributed by atoms with E-state index >= 15 is 0 Å². The second kappa shape index (κ2) is 11.1. The molecule has 174 valence electrons. The highest BCUT2D eigenvalue weighted by Crippen LogP contribution is 2.27. The van der Waals surface area contributed by atoms with Crippen LogP contribution in [-0.4, -0.2) is 60.2 Å². The molecule has 11 heteroatoms. The van der Waals surface area contributed by atoms with Crippen molar-refractivity contribution in [1.29, 1.82) is 0 Å². The molecule has 5 N–H and O–H groups in total. The van der Waals surface area contributed by atoms with Gasteiger partial charge in [0.1, 0.15) is 5.66 Å². The Bertz CT molecular complexity index is 906. The van der Waals surface area contributed by atoms with Crippen molar-refractivity contribution in [3.05, 3.63) is 29.8 Å². The van der Waals surface area contributed by atoms with Crippen LogP contribution in [0, 0.1) is 0 Å². The van der Waals surface area contributed by atoms with Gasteiger partial charge in [0.25, 0.3) is 10.1 Å². The predicted molar refractivity (Wildman–Crippen MR) is 125 cm³/mol. The van der Waals surface area contributed by atoms with E-state index in [1.807, 2.05) is 61.8 Å². The Morgan fingerprint density at radius 1 is 1.13 bits per heavy atom. The van der Waals surface area contributed by atoms with Gasteiger partial charge < -0.3 is 16.4 Å². The number of carbonyl (C=O) groups is 1. The number of aryl methyl sites for hydroxylation is 1. The van der Waals surface area contributed by atoms with Gasteiger partial charge in [0, 0.05) is 25.2 Å². The van der Waals surface area contributed by atoms with Gasteiger partial charge in [-0.15, -0.1) is 0 Å². The van der Waals surface area contributed by atoms with E-state index in [1.54, 1.807) is 0 Å². The van der Waals surface area contributed by atoms with E-state index in [0.717, 1.165) is 24.3 Å². The Balaban J connectivity index is 0.000000703. The molecule has 0 aromatic heterocycles. The number of aliphatic imine (C=N–C) groups is 2. The maximum absolute atomic E-state index is 12.1. The molecule has 10 nitrogen and oxygen atoms in total. The maximum atomic E-state index is 12.1. The zero-order valence-corrected chi connectivity index (χ0v) is 19.7. The van der Waals surface area contributed by atoms with E-state index in [0.29, 0.717) is 18.8 Å². The SMILES string of the molecule is CCN(CC)C(=O)CCc1ccc(N2C(N)=NC(N)=NC2(C)C)cc1.CCS(=O)(=O)O. The number of rotatable bonds is 7. The summed E-state index contributed by atoms with van der Waals surface area (Å²) < 4.78 is 26.9. The molecule has 0 saturated heterocycles. The molecule has 2 rings (SSSR count). The van der Waals surface area contributed by atoms with Crippen LogP contribution in [0.4, 0.5) is 5.69 Å². The highest BCUT2D eigenvalue weighted by molar-refractivity contribution is 7.85. The van der Waals surface area contributed by atoms with Crippen LogP contribution in [-0.2, 0) is 21.3 Å². The van der Waals surface area contributed by atoms with Crippen LogP contribution in [0.15, 0.2) is 34.3 Å². The van der Waals surface area contributed by atoms with Gasteiger partial charge in [0.05, 0.1) is 5.75 Å². The average molecular weight is 455 g/mol. The second-order valence-electron chi connectivity index (χ2n) is 7.37. The number of guanidine groups is 2. The molecule has 0 unspecified atom stereocenters. The lowest BCUT2D eigenvalue weighted by Crippen LogP contribution is -2.54. The minimum atomic E-state index is -3.66. The number of carbonyl (C=O) groups excluding carboxylic acids is 1. The lowest BCUT2D eigenvalue weighted by Gasteiger charge is -2.38. The van der Waals surface area contributed by atoms with Gasteiger partial charge in [0.15, 0.2) is 0 Å². The van der Waals surface area contributed by atoms with Crippen molar-refractivity contribution in [2.75, 3.05) is 23.7 Å². The molecule has 0 atom stereocenters. The number of anilines is 1. The number of hydrogen-bond donors (Lipinski definition) is 3. The summed E-state index contributed by atoms with van der Waals surface area (Å²) in [4.78, 5) is 24.2. The summed E-state index contributed by atoms with van der Waals surface area (Å²) in [6.45, 7) is 10.7. The molecule has 0 spiro atoms. The van der Waals surface area contributed by atoms with Crippen LogP contribution in [0.2, 0.25) is 0 Å². The fraction of sp³-hybridized carbons (Fsp3) is 0.550. The normalized spacial score (nSPS) is 15.4. The first-order valence-corrected chi connectivity index (χ1v) is 11.8. The number of nitrogens with two attached hydrogens (primary N) is 2. The summed E-state index contributed by atoms with van der Waals surface area (Å²) in [5.41, 5.74) is 13.1. The zero-order valence-electron chi connectivity index (χ0n) is 18.9. The number of benzene rings is 1. The summed E-state index contributed by atoms with van der Waals surface area (Å²) in [5, 5.41) is 0. The summed E-state index contributed by atoms with van der Waals surface area (Å²) in [5.74, 6) is 0.493. The monoisotopic (exact) mass is 454 g/mol. The molecule has 0 bridgehead atoms. The van der Waals surface area contributed by atoms with Gasteiger partial charge in [-0.05, 0) is 58.7 Å². The molecule has 0 aliphatic carbocycles. The third-order valence-corrected chi connectivity index (χ3v) is 5.43. The smallest absolute Gasteiger partial charge is 0.264 e. The molecule has 1 heterocycles. The maximum Gasteiger partial charge on any atom is 0.264 e. The zero-order chi connectivity index (χ0) is 23.8. The highest BCUT2D eigenvalue weighted by atomic mass is 32.2. The van der Waals surface area contributed by atoms with Crippen LogP contribution < -0.4 is 16.4 Å². The van der Waals surface area contributed by atoms with E-state index in [-0.39, 0.29) is 17.6 Å². The molecule has 0 radical (unpaired) electrons. The first kappa shape index (κ1) is 26.4. The predicted octanol–water partition coefficient (Wildman–Crippen LogP) is 1.57. The average Bonchev–Trinajstić information content (AvgIpc) is 2.66. The fourth-order valence-corrected chi connectivity index (χ4v) is 3.05. The van der Waals surface area contributed by atoms with Crippen LogP contribution in [0.25, 0.3) is 0 Å². The van der Waals surface area contributed by atoms with Crippen LogP contribution in [0.5, 0.6) is 0 Å². The minimum absolute atomic E-state index is 0.185. The van der Waals surface area contributed by atoms with Gasteiger partial charge in [-0.3, -0.25) is 14.2 Å². The van der Waals surface area contributed by atoms with Crippen molar-refractivity contribution < 1.29 is 17.8 Å². The van der Waals surface area contributed by atoms with E-state index in [2.05, 4.69) is 9.98 Å². The molecule has 1 aliphatic rings. The van der Waals surface area contributed by atoms with Crippen LogP contribution in [0.3, 0.4) is 0 Å². The first-order chi connectivity index (χ1) is 14.3. The fourth-order valence-electron chi connectivity index (χ4n) is 3.05. The van der Waals surface area contributed by atoms with Crippen molar-refractivity contribution in [2.24, 2.45) is 21.5 Å². The molecule has 31 heavy (non-hydrogen) atoms. The van der Waals surface area contributed by atoms with E-state index < -0.39 is 15.8 Å². The summed E-state index contributed by atoms with van der Waals surface area (Å²) in [6, 6.07) is 7.96. The summed E-state index contributed by atoms with van der Waals surface area (Å²) in [6.07, 6.45) is 1.23. The number of nitrogens with zero attached hydrogens (tertiary/aromatic N) is 4. The molecule has 1 aromatic carbocycles. The molecule has 1 amide bonds. The topological polar surface area (TPSA) is 155 Å². The molecule has 1 aromatic rings. The largest absolute Gasteiger partial charge is 0.369 e. The third-order valence-electron chi connectivity index (χ3n) is 4.70. The molecular formula is C20H34N6O4S. The van der Waals surface area contributed by atoms with Gasteiger partial charge in [-0.2, -0.15) is 13.4 Å². The van der Waals surface area contributed by atoms with Crippen molar-refractivity contribution >= 4 is 33.6 Å². The lowest BCUT2D eigenvalue weighted by molar-refractivity contribution is -0.130. The Morgan fingerprint density at radius 3 is 2.06 bits per heavy atom. The van der Waals surface area contributed by atoms with E-state index in [9.17, 15) is 13.2 Å². The van der Waals surface area contributed by atoms with Crippen LogP contribution in [0.1, 0.15) is 46.6 Å². The van der Waals surface area contributed by atoms with Crippen molar-refractivity contribution in [2.45, 2.75) is 53.1 Å². The molecule has 0 saturated carbocycles. The Hall–Kier alpha value is -2.66. The van der Waals surface area contributed by atoms with Gasteiger partial charge in [-0.25, -0.2) is 4.99 Å². The lowest BCUT2D eigenvalue weighted by atomic mass is 10.1. The van der Waals surface area contributed by atoms with Crippen molar-refractivity contribution in [3.8, 4) is 0 Å². The quantitative estimate of drug-likeness (QED) is 0.528. The first-order valence-electron chi connectivity index (χ1n) is 10.2. The van der Waals surface area contributed by atoms with Crippen molar-refractivity contribution in [3.63, 3.8) is 0 Å². The van der Waals surface area contributed by atoms with Crippen molar-refractivity contribution in [1.82, 2.24) is 4.90 Å². The highest BCUT2D eigenvalue weighted by Gasteiger charge is 2.32. The van der Waals surface area contributed by atoms with E-state index in [1.165, 1.54) is 6.92 Å². The standard InChI is InChI=1S/C18H28N6O.C2H6O3S/c1-5-23(6-2)15(25)12-9-13-7-10-14(11-8-13)24-17(20)21-16(19)22-18(24,3)4;1-2-6(3,4)5/h7-8,10-11H,5-6,9,12H2,1-4H3,(H4,19,20,21,22);2H2,1H3,(H,3,4,5). The number of hydrogen-bond acceptors (Lipinski definition) is 8. The third kappa shape index (κ3) is 8.18. The molecule has 1 aliphatic heterocycles. The van der Waals surface area contributed by atoms with Gasteiger partial charge >= 0.3 is 0 Å². The Morgan fingerprint density at radius 2 is 1.65 bits per heavy atom. The number of amides is 1. The molecule has 0 fully saturated rings. The van der Waals surface area contributed by atoms with E-state index in [4.69, 9.17) is 16.0 Å². The Labute approximate surface area is 184 Å². The summed E-state index contributed by atoms with van der Waals surface area (Å²) in [7, 11) is -3.66.